The molecule has 0 atom stereocenters. The lowest BCUT2D eigenvalue weighted by molar-refractivity contribution is -0.384. The molecular weight excluding hydrogens is 304 g/mol. The second kappa shape index (κ2) is 5.87. The smallest absolute Gasteiger partial charge is 0.269 e. The summed E-state index contributed by atoms with van der Waals surface area (Å²) in [6, 6.07) is 13.7. The molecule has 0 amide bonds. The molecule has 0 saturated carbocycles. The van der Waals surface area contributed by atoms with Gasteiger partial charge in [-0.2, -0.15) is 5.10 Å². The number of nitrogens with one attached hydrogen (secondary N) is 2. The molecule has 0 radical (unpaired) electrons. The Labute approximate surface area is 130 Å². The Morgan fingerprint density at radius 2 is 1.91 bits per heavy atom. The summed E-state index contributed by atoms with van der Waals surface area (Å²) in [7, 11) is 0. The second-order valence-electron chi connectivity index (χ2n) is 4.57. The number of benzene rings is 2. The van der Waals surface area contributed by atoms with Crippen LogP contribution in [-0.2, 0) is 0 Å². The van der Waals surface area contributed by atoms with E-state index in [-0.39, 0.29) is 5.69 Å². The second-order valence-corrected chi connectivity index (χ2v) is 4.95. The number of rotatable bonds is 4. The molecule has 3 rings (SSSR count). The van der Waals surface area contributed by atoms with Crippen molar-refractivity contribution in [2.75, 3.05) is 5.43 Å². The van der Waals surface area contributed by atoms with Gasteiger partial charge in [-0.25, -0.2) is 0 Å². The number of hydrazone groups is 1. The summed E-state index contributed by atoms with van der Waals surface area (Å²) in [5.41, 5.74) is 5.22. The molecule has 1 heterocycles. The number of H-pyrrole nitrogens is 1. The highest BCUT2D eigenvalue weighted by Gasteiger charge is 2.07. The van der Waals surface area contributed by atoms with Crippen molar-refractivity contribution in [1.29, 1.82) is 0 Å². The zero-order valence-electron chi connectivity index (χ0n) is 11.3. The Morgan fingerprint density at radius 3 is 2.64 bits per heavy atom. The van der Waals surface area contributed by atoms with Crippen molar-refractivity contribution in [3.8, 4) is 0 Å². The van der Waals surface area contributed by atoms with E-state index in [2.05, 4.69) is 15.5 Å². The van der Waals surface area contributed by atoms with Crippen molar-refractivity contribution in [3.05, 3.63) is 69.4 Å². The number of fused-ring (bicyclic) bond motifs is 1. The normalized spacial score (nSPS) is 11.1. The van der Waals surface area contributed by atoms with Gasteiger partial charge in [0.25, 0.3) is 5.69 Å². The molecule has 6 nitrogen and oxygen atoms in total. The first kappa shape index (κ1) is 14.1. The van der Waals surface area contributed by atoms with Crippen LogP contribution in [0.5, 0.6) is 0 Å². The number of hydrogen-bond acceptors (Lipinski definition) is 4. The minimum atomic E-state index is -0.446. The summed E-state index contributed by atoms with van der Waals surface area (Å²) in [5, 5.41) is 16.2. The third-order valence-electron chi connectivity index (χ3n) is 3.16. The topological polar surface area (TPSA) is 83.3 Å². The molecule has 0 aliphatic carbocycles. The number of halogens is 1. The summed E-state index contributed by atoms with van der Waals surface area (Å²) < 4.78 is 0. The minimum absolute atomic E-state index is 0.0363. The highest BCUT2D eigenvalue weighted by atomic mass is 35.5. The molecule has 0 aliphatic rings. The third kappa shape index (κ3) is 2.77. The SMILES string of the molecule is O=[N+]([O-])c1ccc(NN=Cc2c(Cl)[nH]c3ccccc23)cc1. The van der Waals surface area contributed by atoms with Crippen LogP contribution in [-0.4, -0.2) is 16.1 Å². The van der Waals surface area contributed by atoms with Crippen LogP contribution in [0.25, 0.3) is 10.9 Å². The maximum absolute atomic E-state index is 10.6. The molecule has 1 aromatic heterocycles. The van der Waals surface area contributed by atoms with Crippen molar-refractivity contribution in [1.82, 2.24) is 4.98 Å². The molecular formula is C15H11ClN4O2. The lowest BCUT2D eigenvalue weighted by Crippen LogP contribution is -1.92. The van der Waals surface area contributed by atoms with Crippen molar-refractivity contribution < 1.29 is 4.92 Å². The van der Waals surface area contributed by atoms with Crippen LogP contribution in [0.3, 0.4) is 0 Å². The molecule has 22 heavy (non-hydrogen) atoms. The fourth-order valence-corrected chi connectivity index (χ4v) is 2.34. The quantitative estimate of drug-likeness (QED) is 0.430. The van der Waals surface area contributed by atoms with E-state index in [1.54, 1.807) is 18.3 Å². The maximum atomic E-state index is 10.6. The lowest BCUT2D eigenvalue weighted by Gasteiger charge is -1.99. The summed E-state index contributed by atoms with van der Waals surface area (Å²) in [4.78, 5) is 13.2. The first-order valence-corrected chi connectivity index (χ1v) is 6.82. The highest BCUT2D eigenvalue weighted by Crippen LogP contribution is 2.24. The van der Waals surface area contributed by atoms with Gasteiger partial charge >= 0.3 is 0 Å². The van der Waals surface area contributed by atoms with E-state index in [0.717, 1.165) is 16.5 Å². The first-order valence-electron chi connectivity index (χ1n) is 6.45. The fourth-order valence-electron chi connectivity index (χ4n) is 2.09. The fraction of sp³-hybridized carbons (Fsp3) is 0. The van der Waals surface area contributed by atoms with Crippen LogP contribution >= 0.6 is 11.6 Å². The molecule has 0 saturated heterocycles. The largest absolute Gasteiger partial charge is 0.345 e. The Balaban J connectivity index is 1.79. The number of non-ortho nitro benzene ring substituents is 1. The van der Waals surface area contributed by atoms with E-state index in [4.69, 9.17) is 11.6 Å². The van der Waals surface area contributed by atoms with Crippen LogP contribution < -0.4 is 5.43 Å². The summed E-state index contributed by atoms with van der Waals surface area (Å²) >= 11 is 6.16. The van der Waals surface area contributed by atoms with Gasteiger partial charge in [-0.15, -0.1) is 0 Å². The van der Waals surface area contributed by atoms with Gasteiger partial charge in [-0.3, -0.25) is 15.5 Å². The lowest BCUT2D eigenvalue weighted by atomic mass is 10.2. The van der Waals surface area contributed by atoms with Gasteiger partial charge in [0.05, 0.1) is 16.8 Å². The average molecular weight is 315 g/mol. The predicted octanol–water partition coefficient (Wildman–Crippen LogP) is 4.18. The van der Waals surface area contributed by atoms with Gasteiger partial charge in [0.15, 0.2) is 0 Å². The Morgan fingerprint density at radius 1 is 1.18 bits per heavy atom. The number of nitro groups is 1. The molecule has 2 N–H and O–H groups in total. The molecule has 0 bridgehead atoms. The number of hydrogen-bond donors (Lipinski definition) is 2. The van der Waals surface area contributed by atoms with Gasteiger partial charge in [-0.05, 0) is 18.2 Å². The van der Waals surface area contributed by atoms with Crippen LogP contribution in [0.2, 0.25) is 5.15 Å². The molecule has 7 heteroatoms. The predicted molar refractivity (Wildman–Crippen MR) is 87.6 cm³/mol. The highest BCUT2D eigenvalue weighted by molar-refractivity contribution is 6.34. The molecule has 0 fully saturated rings. The minimum Gasteiger partial charge on any atom is -0.345 e. The van der Waals surface area contributed by atoms with Crippen LogP contribution in [0.4, 0.5) is 11.4 Å². The molecule has 0 spiro atoms. The molecule has 0 unspecified atom stereocenters. The monoisotopic (exact) mass is 314 g/mol. The van der Waals surface area contributed by atoms with E-state index in [0.29, 0.717) is 10.8 Å². The van der Waals surface area contributed by atoms with Gasteiger partial charge in [0, 0.05) is 28.6 Å². The summed E-state index contributed by atoms with van der Waals surface area (Å²) in [6.45, 7) is 0. The van der Waals surface area contributed by atoms with Gasteiger partial charge < -0.3 is 4.98 Å². The Kier molecular flexibility index (Phi) is 3.76. The molecule has 110 valence electrons. The van der Waals surface area contributed by atoms with Gasteiger partial charge in [0.1, 0.15) is 5.15 Å². The van der Waals surface area contributed by atoms with E-state index in [9.17, 15) is 10.1 Å². The Hall–Kier alpha value is -2.86. The number of para-hydroxylation sites is 1. The van der Waals surface area contributed by atoms with Crippen molar-refractivity contribution in [2.24, 2.45) is 5.10 Å². The van der Waals surface area contributed by atoms with E-state index in [1.807, 2.05) is 24.3 Å². The maximum Gasteiger partial charge on any atom is 0.269 e. The van der Waals surface area contributed by atoms with Crippen LogP contribution in [0, 0.1) is 10.1 Å². The molecule has 3 aromatic rings. The average Bonchev–Trinajstić information content (AvgIpc) is 2.84. The molecule has 2 aromatic carbocycles. The number of aromatic amines is 1. The number of nitrogens with zero attached hydrogens (tertiary/aromatic N) is 2. The first-order chi connectivity index (χ1) is 10.6. The van der Waals surface area contributed by atoms with Crippen molar-refractivity contribution in [2.45, 2.75) is 0 Å². The molecule has 0 aliphatic heterocycles. The third-order valence-corrected chi connectivity index (χ3v) is 3.46. The number of anilines is 1. The van der Waals surface area contributed by atoms with E-state index >= 15 is 0 Å². The Bertz CT molecular complexity index is 856. The van der Waals surface area contributed by atoms with Crippen LogP contribution in [0.15, 0.2) is 53.6 Å². The van der Waals surface area contributed by atoms with Crippen molar-refractivity contribution >= 4 is 40.1 Å². The number of nitro benzene ring substituents is 1. The zero-order chi connectivity index (χ0) is 15.5. The van der Waals surface area contributed by atoms with Crippen molar-refractivity contribution in [3.63, 3.8) is 0 Å². The summed E-state index contributed by atoms with van der Waals surface area (Å²) in [5.74, 6) is 0. The standard InChI is InChI=1S/C15H11ClN4O2/c16-15-13(12-3-1-2-4-14(12)18-15)9-17-19-10-5-7-11(8-6-10)20(21)22/h1-9,18-19H. The number of aromatic nitrogens is 1. The van der Waals surface area contributed by atoms with E-state index < -0.39 is 4.92 Å². The van der Waals surface area contributed by atoms with Gasteiger partial charge in [0.2, 0.25) is 0 Å². The summed E-state index contributed by atoms with van der Waals surface area (Å²) in [6.07, 6.45) is 1.61. The van der Waals surface area contributed by atoms with E-state index in [1.165, 1.54) is 12.1 Å². The zero-order valence-corrected chi connectivity index (χ0v) is 12.0. The van der Waals surface area contributed by atoms with Crippen LogP contribution in [0.1, 0.15) is 5.56 Å². The van der Waals surface area contributed by atoms with Gasteiger partial charge in [-0.1, -0.05) is 29.8 Å².